The number of aromatic nitrogens is 1. The molecule has 0 bridgehead atoms. The van der Waals surface area contributed by atoms with E-state index in [1.807, 2.05) is 30.3 Å². The number of benzene rings is 1. The molecule has 3 rings (SSSR count). The lowest BCUT2D eigenvalue weighted by molar-refractivity contribution is -0.153. The maximum absolute atomic E-state index is 13.3. The number of alkyl halides is 1. The largest absolute Gasteiger partial charge is 0.463 e. The molecule has 10 heteroatoms. The van der Waals surface area contributed by atoms with Crippen molar-refractivity contribution in [2.24, 2.45) is 11.1 Å². The summed E-state index contributed by atoms with van der Waals surface area (Å²) < 4.78 is 22.9. The molecule has 1 aromatic carbocycles. The number of esters is 1. The molecular formula is C24H28FN3O6. The van der Waals surface area contributed by atoms with Gasteiger partial charge in [0, 0.05) is 31.0 Å². The monoisotopic (exact) mass is 473 g/mol. The fourth-order valence-corrected chi connectivity index (χ4v) is 3.70. The summed E-state index contributed by atoms with van der Waals surface area (Å²) in [5.41, 5.74) is -0.387. The molecule has 182 valence electrons. The van der Waals surface area contributed by atoms with Crippen LogP contribution in [0.25, 0.3) is 10.8 Å². The molecule has 1 aliphatic heterocycles. The van der Waals surface area contributed by atoms with Crippen molar-refractivity contribution < 1.29 is 33.1 Å². The second-order valence-corrected chi connectivity index (χ2v) is 8.27. The van der Waals surface area contributed by atoms with Crippen LogP contribution >= 0.6 is 0 Å². The molecule has 0 fully saturated rings. The Morgan fingerprint density at radius 2 is 1.97 bits per heavy atom. The second-order valence-electron chi connectivity index (χ2n) is 8.27. The average Bonchev–Trinajstić information content (AvgIpc) is 3.30. The van der Waals surface area contributed by atoms with Crippen LogP contribution in [0.5, 0.6) is 0 Å². The summed E-state index contributed by atoms with van der Waals surface area (Å²) in [4.78, 5) is 47.6. The molecule has 9 nitrogen and oxygen atoms in total. The molecule has 0 radical (unpaired) electrons. The van der Waals surface area contributed by atoms with Crippen LogP contribution in [0.1, 0.15) is 32.4 Å². The van der Waals surface area contributed by atoms with Crippen molar-refractivity contribution in [2.75, 3.05) is 27.0 Å². The first-order valence-electron chi connectivity index (χ1n) is 11.0. The van der Waals surface area contributed by atoms with Gasteiger partial charge in [-0.15, -0.1) is 0 Å². The van der Waals surface area contributed by atoms with E-state index in [2.05, 4.69) is 15.5 Å². The number of rotatable bonds is 11. The highest BCUT2D eigenvalue weighted by molar-refractivity contribution is 6.12. The number of halogens is 1. The molecule has 0 aliphatic carbocycles. The first-order chi connectivity index (χ1) is 16.3. The number of carbonyl (C=O) groups excluding carboxylic acids is 3. The number of fused-ring (bicyclic) bond motifs is 1. The van der Waals surface area contributed by atoms with Crippen LogP contribution in [0.3, 0.4) is 0 Å². The van der Waals surface area contributed by atoms with Gasteiger partial charge in [0.15, 0.2) is 5.78 Å². The highest BCUT2D eigenvalue weighted by Gasteiger charge is 2.51. The van der Waals surface area contributed by atoms with Gasteiger partial charge in [-0.2, -0.15) is 0 Å². The van der Waals surface area contributed by atoms with Crippen LogP contribution in [0.2, 0.25) is 0 Å². The second kappa shape index (κ2) is 11.1. The van der Waals surface area contributed by atoms with Gasteiger partial charge in [-0.25, -0.2) is 4.39 Å². The van der Waals surface area contributed by atoms with E-state index in [1.54, 1.807) is 20.0 Å². The Morgan fingerprint density at radius 3 is 2.68 bits per heavy atom. The Kier molecular flexibility index (Phi) is 8.27. The third-order valence-corrected chi connectivity index (χ3v) is 5.76. The summed E-state index contributed by atoms with van der Waals surface area (Å²) in [7, 11) is 1.44. The minimum atomic E-state index is -1.46. The number of amides is 1. The molecule has 1 amide bonds. The summed E-state index contributed by atoms with van der Waals surface area (Å²) in [6, 6.07) is 8.11. The number of methoxy groups -OCH3 is 1. The minimum Gasteiger partial charge on any atom is -0.463 e. The highest BCUT2D eigenvalue weighted by Crippen LogP contribution is 2.35. The topological polar surface area (TPSA) is 116 Å². The molecule has 2 atom stereocenters. The van der Waals surface area contributed by atoms with E-state index in [4.69, 9.17) is 14.3 Å². The molecule has 1 N–H and O–H groups in total. The Labute approximate surface area is 196 Å². The molecule has 0 saturated carbocycles. The molecule has 0 saturated heterocycles. The van der Waals surface area contributed by atoms with Crippen molar-refractivity contribution in [3.05, 3.63) is 42.2 Å². The number of ether oxygens (including phenoxy) is 2. The summed E-state index contributed by atoms with van der Waals surface area (Å²) in [6.45, 7) is 2.37. The Balaban J connectivity index is 1.79. The first-order valence-corrected chi connectivity index (χ1v) is 11.0. The van der Waals surface area contributed by atoms with Crippen LogP contribution in [0.4, 0.5) is 4.39 Å². The molecule has 0 spiro atoms. The number of Topliss-reactive ketones (excluding diaryl/α,β-unsaturated/α-hetero) is 1. The van der Waals surface area contributed by atoms with Gasteiger partial charge in [-0.05, 0) is 11.5 Å². The number of nitrogens with zero attached hydrogens (tertiary/aromatic N) is 2. The molecule has 2 aromatic rings. The van der Waals surface area contributed by atoms with Gasteiger partial charge < -0.3 is 19.6 Å². The van der Waals surface area contributed by atoms with Crippen LogP contribution in [-0.4, -0.2) is 67.0 Å². The molecular weight excluding hydrogens is 445 g/mol. The number of oxime groups is 1. The lowest BCUT2D eigenvalue weighted by atomic mass is 9.83. The SMILES string of the molecule is COCCOC(=O)C[C@H](NC(=O)C1(C(C)C)CC(c2nccc3ccccc23)=NO1)C(=O)CF. The highest BCUT2D eigenvalue weighted by atomic mass is 19.1. The summed E-state index contributed by atoms with van der Waals surface area (Å²) >= 11 is 0. The van der Waals surface area contributed by atoms with Gasteiger partial charge >= 0.3 is 5.97 Å². The molecule has 2 heterocycles. The van der Waals surface area contributed by atoms with Gasteiger partial charge in [0.05, 0.1) is 18.7 Å². The quantitative estimate of drug-likeness (QED) is 0.393. The zero-order chi connectivity index (χ0) is 24.7. The molecule has 34 heavy (non-hydrogen) atoms. The zero-order valence-corrected chi connectivity index (χ0v) is 19.4. The fourth-order valence-electron chi connectivity index (χ4n) is 3.70. The van der Waals surface area contributed by atoms with Crippen LogP contribution < -0.4 is 5.32 Å². The van der Waals surface area contributed by atoms with Gasteiger partial charge in [-0.3, -0.25) is 19.4 Å². The average molecular weight is 474 g/mol. The minimum absolute atomic E-state index is 0.0198. The third-order valence-electron chi connectivity index (χ3n) is 5.76. The smallest absolute Gasteiger partial charge is 0.308 e. The summed E-state index contributed by atoms with van der Waals surface area (Å²) in [6.07, 6.45) is 1.23. The van der Waals surface area contributed by atoms with Crippen LogP contribution in [0.15, 0.2) is 41.7 Å². The standard InChI is InChI=1S/C24H28FN3O6/c1-15(2)24(23(31)27-18(20(29)14-25)12-21(30)33-11-10-32-3)13-19(28-34-24)22-17-7-5-4-6-16(17)8-9-26-22/h4-9,15,18H,10-14H2,1-3H3,(H,27,31)/t18-,24?/m0/s1. The Bertz CT molecular complexity index is 1080. The van der Waals surface area contributed by atoms with Crippen molar-refractivity contribution in [3.8, 4) is 0 Å². The van der Waals surface area contributed by atoms with Gasteiger partial charge in [0.2, 0.25) is 5.60 Å². The lowest BCUT2D eigenvalue weighted by Crippen LogP contribution is -2.55. The van der Waals surface area contributed by atoms with Crippen molar-refractivity contribution in [1.82, 2.24) is 10.3 Å². The number of nitrogens with one attached hydrogen (secondary N) is 1. The molecule has 1 unspecified atom stereocenters. The zero-order valence-electron chi connectivity index (χ0n) is 19.4. The number of hydrogen-bond acceptors (Lipinski definition) is 8. The maximum atomic E-state index is 13.3. The van der Waals surface area contributed by atoms with Crippen LogP contribution in [-0.2, 0) is 28.7 Å². The summed E-state index contributed by atoms with van der Waals surface area (Å²) in [5, 5.41) is 8.47. The molecule has 1 aromatic heterocycles. The van der Waals surface area contributed by atoms with E-state index in [0.717, 1.165) is 10.8 Å². The third kappa shape index (κ3) is 5.39. The fraction of sp³-hybridized carbons (Fsp3) is 0.458. The summed E-state index contributed by atoms with van der Waals surface area (Å²) in [5.74, 6) is -2.73. The molecule has 1 aliphatic rings. The lowest BCUT2D eigenvalue weighted by Gasteiger charge is -2.30. The predicted molar refractivity (Wildman–Crippen MR) is 122 cm³/mol. The normalized spacial score (nSPS) is 18.3. The van der Waals surface area contributed by atoms with E-state index < -0.39 is 42.4 Å². The Morgan fingerprint density at radius 1 is 1.21 bits per heavy atom. The van der Waals surface area contributed by atoms with E-state index in [1.165, 1.54) is 7.11 Å². The van der Waals surface area contributed by atoms with Gasteiger partial charge in [0.25, 0.3) is 5.91 Å². The number of carbonyl (C=O) groups is 3. The van der Waals surface area contributed by atoms with E-state index in [9.17, 15) is 18.8 Å². The van der Waals surface area contributed by atoms with Crippen molar-refractivity contribution in [3.63, 3.8) is 0 Å². The predicted octanol–water partition coefficient (Wildman–Crippen LogP) is 2.36. The number of ketones is 1. The van der Waals surface area contributed by atoms with E-state index in [0.29, 0.717) is 11.4 Å². The van der Waals surface area contributed by atoms with Crippen molar-refractivity contribution in [1.29, 1.82) is 0 Å². The Hall–Kier alpha value is -3.40. The van der Waals surface area contributed by atoms with Gasteiger partial charge in [-0.1, -0.05) is 43.3 Å². The number of pyridine rings is 1. The van der Waals surface area contributed by atoms with Gasteiger partial charge in [0.1, 0.15) is 25.0 Å². The maximum Gasteiger partial charge on any atom is 0.308 e. The van der Waals surface area contributed by atoms with E-state index in [-0.39, 0.29) is 25.6 Å². The van der Waals surface area contributed by atoms with Crippen molar-refractivity contribution >= 4 is 34.1 Å². The van der Waals surface area contributed by atoms with E-state index >= 15 is 0 Å². The van der Waals surface area contributed by atoms with Crippen molar-refractivity contribution in [2.45, 2.75) is 38.3 Å². The van der Waals surface area contributed by atoms with Crippen LogP contribution in [0, 0.1) is 5.92 Å². The first kappa shape index (κ1) is 25.2. The number of hydrogen-bond donors (Lipinski definition) is 1.